The van der Waals surface area contributed by atoms with Crippen LogP contribution >= 0.6 is 0 Å². The monoisotopic (exact) mass is 369 g/mol. The second kappa shape index (κ2) is 6.94. The molecule has 0 bridgehead atoms. The van der Waals surface area contributed by atoms with Gasteiger partial charge in [-0.2, -0.15) is 5.10 Å². The van der Waals surface area contributed by atoms with Gasteiger partial charge in [-0.05, 0) is 12.8 Å². The smallest absolute Gasteiger partial charge is 0.407 e. The lowest BCUT2D eigenvalue weighted by Crippen LogP contribution is -2.38. The van der Waals surface area contributed by atoms with E-state index < -0.39 is 5.60 Å². The van der Waals surface area contributed by atoms with Crippen molar-refractivity contribution in [3.8, 4) is 11.3 Å². The van der Waals surface area contributed by atoms with E-state index in [1.165, 1.54) is 0 Å². The van der Waals surface area contributed by atoms with E-state index in [1.807, 2.05) is 43.4 Å². The highest BCUT2D eigenvalue weighted by atomic mass is 16.6. The second-order valence-electron chi connectivity index (χ2n) is 7.10. The molecule has 0 aliphatic carbocycles. The SMILES string of the molecule is Cn1nc(-c2ccccc2)cc1NC(=O)N1CCC[C@@]2(CC1)CNC(=O)O2. The van der Waals surface area contributed by atoms with Crippen LogP contribution in [0, 0.1) is 0 Å². The van der Waals surface area contributed by atoms with Gasteiger partial charge in [-0.15, -0.1) is 0 Å². The van der Waals surface area contributed by atoms with Crippen molar-refractivity contribution in [1.29, 1.82) is 0 Å². The summed E-state index contributed by atoms with van der Waals surface area (Å²) in [5.74, 6) is 0.645. The molecular formula is C19H23N5O3. The average Bonchev–Trinajstić information content (AvgIpc) is 3.13. The Bertz CT molecular complexity index is 850. The molecule has 0 unspecified atom stereocenters. The summed E-state index contributed by atoms with van der Waals surface area (Å²) in [4.78, 5) is 25.9. The van der Waals surface area contributed by atoms with Crippen molar-refractivity contribution in [3.63, 3.8) is 0 Å². The van der Waals surface area contributed by atoms with Crippen LogP contribution in [0.3, 0.4) is 0 Å². The summed E-state index contributed by atoms with van der Waals surface area (Å²) < 4.78 is 7.13. The number of alkyl carbamates (subject to hydrolysis) is 1. The summed E-state index contributed by atoms with van der Waals surface area (Å²) in [6.07, 6.45) is 1.83. The quantitative estimate of drug-likeness (QED) is 0.852. The number of nitrogens with one attached hydrogen (secondary N) is 2. The lowest BCUT2D eigenvalue weighted by atomic mass is 9.95. The first-order valence-electron chi connectivity index (χ1n) is 9.17. The van der Waals surface area contributed by atoms with Crippen LogP contribution in [0.4, 0.5) is 15.4 Å². The Morgan fingerprint density at radius 3 is 2.81 bits per heavy atom. The molecule has 27 heavy (non-hydrogen) atoms. The van der Waals surface area contributed by atoms with Crippen molar-refractivity contribution in [2.45, 2.75) is 24.9 Å². The molecule has 3 amide bonds. The Balaban J connectivity index is 1.42. The summed E-state index contributed by atoms with van der Waals surface area (Å²) in [5, 5.41) is 10.2. The van der Waals surface area contributed by atoms with Crippen molar-refractivity contribution in [3.05, 3.63) is 36.4 Å². The fourth-order valence-electron chi connectivity index (χ4n) is 3.67. The van der Waals surface area contributed by atoms with Gasteiger partial charge in [-0.25, -0.2) is 9.59 Å². The highest BCUT2D eigenvalue weighted by Crippen LogP contribution is 2.29. The summed E-state index contributed by atoms with van der Waals surface area (Å²) >= 11 is 0. The molecule has 1 spiro atoms. The Labute approximate surface area is 157 Å². The van der Waals surface area contributed by atoms with Gasteiger partial charge in [0.15, 0.2) is 0 Å². The third-order valence-electron chi connectivity index (χ3n) is 5.23. The zero-order chi connectivity index (χ0) is 18.9. The standard InChI is InChI=1S/C19H23N5O3/c1-23-16(12-15(22-23)14-6-3-2-4-7-14)21-17(25)24-10-5-8-19(9-11-24)13-20-18(26)27-19/h2-4,6-7,12H,5,8-11,13H2,1H3,(H,20,26)(H,21,25)/t19-/m1/s1. The predicted molar refractivity (Wildman–Crippen MR) is 100 cm³/mol. The van der Waals surface area contributed by atoms with Crippen LogP contribution in [0.15, 0.2) is 36.4 Å². The molecule has 1 atom stereocenters. The number of carbonyl (C=O) groups is 2. The molecule has 8 nitrogen and oxygen atoms in total. The first-order chi connectivity index (χ1) is 13.0. The van der Waals surface area contributed by atoms with E-state index in [-0.39, 0.29) is 12.1 Å². The lowest BCUT2D eigenvalue weighted by Gasteiger charge is -2.25. The molecule has 4 rings (SSSR count). The number of hydrogen-bond donors (Lipinski definition) is 2. The highest BCUT2D eigenvalue weighted by Gasteiger charge is 2.41. The number of nitrogens with zero attached hydrogens (tertiary/aromatic N) is 3. The Morgan fingerprint density at radius 1 is 1.26 bits per heavy atom. The van der Waals surface area contributed by atoms with Crippen LogP contribution in [0.1, 0.15) is 19.3 Å². The molecular weight excluding hydrogens is 346 g/mol. The summed E-state index contributed by atoms with van der Waals surface area (Å²) in [5.41, 5.74) is 1.34. The van der Waals surface area contributed by atoms with Gasteiger partial charge >= 0.3 is 12.1 Å². The molecule has 2 saturated heterocycles. The van der Waals surface area contributed by atoms with Gasteiger partial charge < -0.3 is 15.0 Å². The molecule has 2 aromatic rings. The number of amides is 3. The minimum Gasteiger partial charge on any atom is -0.441 e. The number of aromatic nitrogens is 2. The van der Waals surface area contributed by atoms with Gasteiger partial charge in [0.2, 0.25) is 0 Å². The molecule has 1 aromatic heterocycles. The molecule has 2 aliphatic heterocycles. The average molecular weight is 369 g/mol. The molecule has 0 radical (unpaired) electrons. The maximum atomic E-state index is 12.7. The third kappa shape index (κ3) is 3.60. The van der Waals surface area contributed by atoms with Crippen LogP contribution < -0.4 is 10.6 Å². The topological polar surface area (TPSA) is 88.5 Å². The van der Waals surface area contributed by atoms with Gasteiger partial charge in [0.25, 0.3) is 0 Å². The molecule has 0 saturated carbocycles. The number of aryl methyl sites for hydroxylation is 1. The summed E-state index contributed by atoms with van der Waals surface area (Å²) in [6, 6.07) is 11.6. The van der Waals surface area contributed by atoms with E-state index in [0.29, 0.717) is 31.9 Å². The normalized spacial score (nSPS) is 22.3. The zero-order valence-electron chi connectivity index (χ0n) is 15.3. The molecule has 2 N–H and O–H groups in total. The van der Waals surface area contributed by atoms with E-state index in [1.54, 1.807) is 9.58 Å². The zero-order valence-corrected chi connectivity index (χ0v) is 15.3. The second-order valence-corrected chi connectivity index (χ2v) is 7.10. The van der Waals surface area contributed by atoms with E-state index in [4.69, 9.17) is 4.74 Å². The van der Waals surface area contributed by atoms with Crippen LogP contribution in [0.2, 0.25) is 0 Å². The van der Waals surface area contributed by atoms with Gasteiger partial charge in [0, 0.05) is 38.2 Å². The third-order valence-corrected chi connectivity index (χ3v) is 5.23. The van der Waals surface area contributed by atoms with Crippen LogP contribution in [-0.2, 0) is 11.8 Å². The molecule has 2 fully saturated rings. The first-order valence-corrected chi connectivity index (χ1v) is 9.17. The Kier molecular flexibility index (Phi) is 4.47. The van der Waals surface area contributed by atoms with Crippen molar-refractivity contribution < 1.29 is 14.3 Å². The van der Waals surface area contributed by atoms with Crippen LogP contribution in [0.5, 0.6) is 0 Å². The fraction of sp³-hybridized carbons (Fsp3) is 0.421. The molecule has 1 aromatic carbocycles. The van der Waals surface area contributed by atoms with Crippen molar-refractivity contribution >= 4 is 17.9 Å². The summed E-state index contributed by atoms with van der Waals surface area (Å²) in [7, 11) is 1.81. The van der Waals surface area contributed by atoms with Gasteiger partial charge in [0.1, 0.15) is 11.4 Å². The number of urea groups is 1. The van der Waals surface area contributed by atoms with Gasteiger partial charge in [0.05, 0.1) is 12.2 Å². The van der Waals surface area contributed by atoms with E-state index in [9.17, 15) is 9.59 Å². The molecule has 3 heterocycles. The number of carbonyl (C=O) groups excluding carboxylic acids is 2. The van der Waals surface area contributed by atoms with Gasteiger partial charge in [-0.1, -0.05) is 30.3 Å². The number of anilines is 1. The molecule has 8 heteroatoms. The van der Waals surface area contributed by atoms with E-state index in [0.717, 1.165) is 24.1 Å². The van der Waals surface area contributed by atoms with E-state index >= 15 is 0 Å². The molecule has 142 valence electrons. The predicted octanol–water partition coefficient (Wildman–Crippen LogP) is 2.58. The Morgan fingerprint density at radius 2 is 2.07 bits per heavy atom. The lowest BCUT2D eigenvalue weighted by molar-refractivity contribution is 0.0454. The number of likely N-dealkylation sites (tertiary alicyclic amines) is 1. The first kappa shape index (κ1) is 17.4. The number of ether oxygens (including phenoxy) is 1. The maximum Gasteiger partial charge on any atom is 0.407 e. The van der Waals surface area contributed by atoms with E-state index in [2.05, 4.69) is 15.7 Å². The number of hydrogen-bond acceptors (Lipinski definition) is 4. The highest BCUT2D eigenvalue weighted by molar-refractivity contribution is 5.89. The van der Waals surface area contributed by atoms with Crippen molar-refractivity contribution in [1.82, 2.24) is 20.0 Å². The number of benzene rings is 1. The number of rotatable bonds is 2. The van der Waals surface area contributed by atoms with Crippen molar-refractivity contribution in [2.24, 2.45) is 7.05 Å². The van der Waals surface area contributed by atoms with Crippen LogP contribution in [-0.4, -0.2) is 52.0 Å². The minimum atomic E-state index is -0.473. The maximum absolute atomic E-state index is 12.7. The van der Waals surface area contributed by atoms with Crippen molar-refractivity contribution in [2.75, 3.05) is 25.0 Å². The Hall–Kier alpha value is -3.03. The fourth-order valence-corrected chi connectivity index (χ4v) is 3.67. The van der Waals surface area contributed by atoms with Gasteiger partial charge in [-0.3, -0.25) is 10.00 Å². The minimum absolute atomic E-state index is 0.160. The molecule has 2 aliphatic rings. The summed E-state index contributed by atoms with van der Waals surface area (Å²) in [6.45, 7) is 1.70. The largest absolute Gasteiger partial charge is 0.441 e. The van der Waals surface area contributed by atoms with Crippen LogP contribution in [0.25, 0.3) is 11.3 Å².